The predicted octanol–water partition coefficient (Wildman–Crippen LogP) is 3.12. The molecule has 0 saturated carbocycles. The summed E-state index contributed by atoms with van der Waals surface area (Å²) in [6.45, 7) is 4.52. The molecule has 5 nitrogen and oxygen atoms in total. The molecule has 1 aromatic heterocycles. The summed E-state index contributed by atoms with van der Waals surface area (Å²) >= 11 is 0. The Kier molecular flexibility index (Phi) is 7.55. The summed E-state index contributed by atoms with van der Waals surface area (Å²) in [5.41, 5.74) is 3.10. The van der Waals surface area contributed by atoms with Crippen LogP contribution >= 0.6 is 0 Å². The number of esters is 1. The number of carbonyl (C=O) groups is 2. The van der Waals surface area contributed by atoms with Crippen LogP contribution in [0.4, 0.5) is 0 Å². The molecule has 0 aliphatic heterocycles. The Balaban J connectivity index is 1.65. The molecule has 0 saturated heterocycles. The lowest BCUT2D eigenvalue weighted by atomic mass is 10.0. The zero-order valence-corrected chi connectivity index (χ0v) is 15.1. The number of rotatable bonds is 8. The first-order valence-electron chi connectivity index (χ1n) is 8.66. The summed E-state index contributed by atoms with van der Waals surface area (Å²) in [6, 6.07) is 13.7. The lowest BCUT2D eigenvalue weighted by Crippen LogP contribution is -2.30. The van der Waals surface area contributed by atoms with Crippen LogP contribution in [0, 0.1) is 0 Å². The van der Waals surface area contributed by atoms with Crippen LogP contribution < -0.4 is 5.32 Å². The number of hydrogen-bond acceptors (Lipinski definition) is 4. The maximum atomic E-state index is 11.7. The summed E-state index contributed by atoms with van der Waals surface area (Å²) in [4.78, 5) is 27.4. The van der Waals surface area contributed by atoms with Gasteiger partial charge in [-0.1, -0.05) is 44.2 Å². The second-order valence-electron chi connectivity index (χ2n) is 6.19. The summed E-state index contributed by atoms with van der Waals surface area (Å²) in [5.74, 6) is -0.386. The molecule has 0 aliphatic rings. The minimum atomic E-state index is -0.574. The minimum absolute atomic E-state index is 0.294. The van der Waals surface area contributed by atoms with E-state index < -0.39 is 5.97 Å². The fraction of sp³-hybridized carbons (Fsp3) is 0.286. The van der Waals surface area contributed by atoms with Gasteiger partial charge in [0.2, 0.25) is 0 Å². The standard InChI is InChI=1S/C21H24N2O3/c1-16(2)18-8-6-17(7-9-18)12-14-23-20(24)15-26-21(25)11-10-19-5-3-4-13-22-19/h3-11,13,16H,12,14-15H2,1-2H3,(H,23,24). The molecule has 0 bridgehead atoms. The lowest BCUT2D eigenvalue weighted by molar-refractivity contribution is -0.143. The van der Waals surface area contributed by atoms with Gasteiger partial charge in [-0.05, 0) is 41.7 Å². The van der Waals surface area contributed by atoms with Crippen LogP contribution in [0.2, 0.25) is 0 Å². The molecular formula is C21H24N2O3. The Labute approximate surface area is 154 Å². The molecule has 0 spiro atoms. The number of hydrogen-bond donors (Lipinski definition) is 1. The van der Waals surface area contributed by atoms with Gasteiger partial charge in [-0.2, -0.15) is 0 Å². The van der Waals surface area contributed by atoms with Gasteiger partial charge < -0.3 is 10.1 Å². The van der Waals surface area contributed by atoms with Gasteiger partial charge in [0.1, 0.15) is 0 Å². The number of carbonyl (C=O) groups excluding carboxylic acids is 2. The van der Waals surface area contributed by atoms with E-state index in [1.807, 2.05) is 6.07 Å². The SMILES string of the molecule is CC(C)c1ccc(CCNC(=O)COC(=O)C=Cc2ccccn2)cc1. The minimum Gasteiger partial charge on any atom is -0.452 e. The molecule has 26 heavy (non-hydrogen) atoms. The molecule has 0 unspecified atom stereocenters. The van der Waals surface area contributed by atoms with E-state index in [4.69, 9.17) is 4.74 Å². The van der Waals surface area contributed by atoms with E-state index in [1.54, 1.807) is 24.4 Å². The zero-order valence-electron chi connectivity index (χ0n) is 15.1. The van der Waals surface area contributed by atoms with E-state index in [1.165, 1.54) is 11.6 Å². The van der Waals surface area contributed by atoms with E-state index in [9.17, 15) is 9.59 Å². The first-order valence-corrected chi connectivity index (χ1v) is 8.66. The summed E-state index contributed by atoms with van der Waals surface area (Å²) in [6.07, 6.45) is 5.17. The van der Waals surface area contributed by atoms with Gasteiger partial charge in [-0.3, -0.25) is 9.78 Å². The third-order valence-corrected chi connectivity index (χ3v) is 3.81. The van der Waals surface area contributed by atoms with Gasteiger partial charge in [0.25, 0.3) is 5.91 Å². The molecule has 0 fully saturated rings. The number of ether oxygens (including phenoxy) is 1. The number of nitrogens with zero attached hydrogens (tertiary/aromatic N) is 1. The Morgan fingerprint density at radius 3 is 2.58 bits per heavy atom. The zero-order chi connectivity index (χ0) is 18.8. The Bertz CT molecular complexity index is 738. The van der Waals surface area contributed by atoms with Gasteiger partial charge in [0.15, 0.2) is 6.61 Å². The smallest absolute Gasteiger partial charge is 0.331 e. The van der Waals surface area contributed by atoms with Crippen LogP contribution in [0.1, 0.15) is 36.6 Å². The average molecular weight is 352 g/mol. The van der Waals surface area contributed by atoms with Crippen molar-refractivity contribution in [3.05, 3.63) is 71.6 Å². The van der Waals surface area contributed by atoms with Crippen molar-refractivity contribution < 1.29 is 14.3 Å². The highest BCUT2D eigenvalue weighted by Gasteiger charge is 2.05. The monoisotopic (exact) mass is 352 g/mol. The highest BCUT2D eigenvalue weighted by molar-refractivity contribution is 5.89. The number of pyridine rings is 1. The molecule has 1 heterocycles. The number of benzene rings is 1. The number of nitrogens with one attached hydrogen (secondary N) is 1. The molecule has 2 aromatic rings. The summed E-state index contributed by atoms with van der Waals surface area (Å²) in [5, 5.41) is 2.75. The van der Waals surface area contributed by atoms with Crippen molar-refractivity contribution >= 4 is 18.0 Å². The van der Waals surface area contributed by atoms with Crippen molar-refractivity contribution in [3.8, 4) is 0 Å². The van der Waals surface area contributed by atoms with Crippen LogP contribution in [0.5, 0.6) is 0 Å². The fourth-order valence-corrected chi connectivity index (χ4v) is 2.28. The molecule has 1 amide bonds. The molecular weight excluding hydrogens is 328 g/mol. The largest absolute Gasteiger partial charge is 0.452 e. The van der Waals surface area contributed by atoms with Gasteiger partial charge in [0.05, 0.1) is 5.69 Å². The third kappa shape index (κ3) is 6.89. The van der Waals surface area contributed by atoms with E-state index in [0.29, 0.717) is 18.2 Å². The Hall–Kier alpha value is -2.95. The quantitative estimate of drug-likeness (QED) is 0.585. The first kappa shape index (κ1) is 19.4. The van der Waals surface area contributed by atoms with Crippen LogP contribution in [0.15, 0.2) is 54.7 Å². The molecule has 1 N–H and O–H groups in total. The van der Waals surface area contributed by atoms with E-state index in [0.717, 1.165) is 12.0 Å². The molecule has 5 heteroatoms. The van der Waals surface area contributed by atoms with Crippen molar-refractivity contribution in [1.29, 1.82) is 0 Å². The Morgan fingerprint density at radius 1 is 1.15 bits per heavy atom. The number of amides is 1. The van der Waals surface area contributed by atoms with E-state index >= 15 is 0 Å². The van der Waals surface area contributed by atoms with Crippen molar-refractivity contribution in [2.24, 2.45) is 0 Å². The predicted molar refractivity (Wildman–Crippen MR) is 101 cm³/mol. The van der Waals surface area contributed by atoms with Gasteiger partial charge >= 0.3 is 5.97 Å². The Morgan fingerprint density at radius 2 is 1.92 bits per heavy atom. The van der Waals surface area contributed by atoms with Gasteiger partial charge in [-0.15, -0.1) is 0 Å². The van der Waals surface area contributed by atoms with Crippen LogP contribution in [0.3, 0.4) is 0 Å². The van der Waals surface area contributed by atoms with Crippen LogP contribution in [-0.2, 0) is 20.7 Å². The second kappa shape index (κ2) is 10.1. The van der Waals surface area contributed by atoms with Crippen LogP contribution in [0.25, 0.3) is 6.08 Å². The van der Waals surface area contributed by atoms with Gasteiger partial charge in [-0.25, -0.2) is 4.79 Å². The third-order valence-electron chi connectivity index (χ3n) is 3.81. The highest BCUT2D eigenvalue weighted by atomic mass is 16.5. The topological polar surface area (TPSA) is 68.3 Å². The van der Waals surface area contributed by atoms with Crippen molar-refractivity contribution in [2.45, 2.75) is 26.2 Å². The van der Waals surface area contributed by atoms with Crippen molar-refractivity contribution in [2.75, 3.05) is 13.2 Å². The average Bonchev–Trinajstić information content (AvgIpc) is 2.66. The molecule has 1 aromatic carbocycles. The molecule has 136 valence electrons. The van der Waals surface area contributed by atoms with Crippen molar-refractivity contribution in [1.82, 2.24) is 10.3 Å². The summed E-state index contributed by atoms with van der Waals surface area (Å²) in [7, 11) is 0. The molecule has 0 radical (unpaired) electrons. The van der Waals surface area contributed by atoms with E-state index in [-0.39, 0.29) is 12.5 Å². The maximum Gasteiger partial charge on any atom is 0.331 e. The van der Waals surface area contributed by atoms with Crippen LogP contribution in [-0.4, -0.2) is 30.0 Å². The molecule has 0 atom stereocenters. The number of aromatic nitrogens is 1. The fourth-order valence-electron chi connectivity index (χ4n) is 2.28. The lowest BCUT2D eigenvalue weighted by Gasteiger charge is -2.08. The highest BCUT2D eigenvalue weighted by Crippen LogP contribution is 2.14. The second-order valence-corrected chi connectivity index (χ2v) is 6.19. The van der Waals surface area contributed by atoms with E-state index in [2.05, 4.69) is 48.4 Å². The molecule has 2 rings (SSSR count). The first-order chi connectivity index (χ1) is 12.5. The molecule has 0 aliphatic carbocycles. The maximum absolute atomic E-state index is 11.7. The summed E-state index contributed by atoms with van der Waals surface area (Å²) < 4.78 is 4.90. The van der Waals surface area contributed by atoms with Crippen molar-refractivity contribution in [3.63, 3.8) is 0 Å². The normalized spacial score (nSPS) is 10.9. The van der Waals surface area contributed by atoms with Gasteiger partial charge in [0, 0.05) is 18.8 Å².